The number of rotatable bonds is 44. The molecule has 0 radical (unpaired) electrons. The molecule has 98 heavy (non-hydrogen) atoms. The van der Waals surface area contributed by atoms with Crippen LogP contribution in [0.5, 0.6) is 23.0 Å². The summed E-state index contributed by atoms with van der Waals surface area (Å²) in [5.74, 6) is 3.10. The van der Waals surface area contributed by atoms with Crippen LogP contribution in [0.25, 0.3) is 120 Å². The maximum atomic E-state index is 6.23. The summed E-state index contributed by atoms with van der Waals surface area (Å²) in [7, 11) is 6.65. The standard InChI is InChI=1S/C82H88O16/c1-83-27-31-87-35-39-91-43-47-95-65-15-5-57(6-16-65)61-13-23-69-71-25-26-72-70-24-14-62(58-7-17-66(18-8-58)96-48-44-92-40-36-88-32-28-84-2)52-74(70)76-54-64(60-11-21-68(22-12-60)98-50-46-94-42-38-90-34-30-86-4)56-78-77-55-63(53-75(73(69)51-61)79(77)81(71)82(72)80(76)78)59-9-19-67(20-10-59)97-49-45-93-41-37-89-33-29-85-3/h5-26,51-56H,27-50H2,1-4H3. The van der Waals surface area contributed by atoms with E-state index in [0.29, 0.717) is 159 Å². The van der Waals surface area contributed by atoms with Crippen molar-refractivity contribution in [3.05, 3.63) is 170 Å². The maximum Gasteiger partial charge on any atom is 0.119 e. The average molecular weight is 1330 g/mol. The molecule has 16 nitrogen and oxygen atoms in total. The second-order valence-electron chi connectivity index (χ2n) is 23.7. The number of benzene rings is 12. The lowest BCUT2D eigenvalue weighted by Gasteiger charge is -2.23. The van der Waals surface area contributed by atoms with Crippen LogP contribution in [0.4, 0.5) is 0 Å². The topological polar surface area (TPSA) is 148 Å². The maximum absolute atomic E-state index is 6.23. The highest BCUT2D eigenvalue weighted by Gasteiger charge is 2.25. The Labute approximate surface area is 572 Å². The zero-order chi connectivity index (χ0) is 67.1. The highest BCUT2D eigenvalue weighted by atomic mass is 16.6. The highest BCUT2D eigenvalue weighted by Crippen LogP contribution is 2.53. The second-order valence-corrected chi connectivity index (χ2v) is 23.7. The first kappa shape index (κ1) is 69.6. The summed E-state index contributed by atoms with van der Waals surface area (Å²) in [5.41, 5.74) is 8.71. The minimum atomic E-state index is 0.412. The van der Waals surface area contributed by atoms with Gasteiger partial charge in [0.1, 0.15) is 49.4 Å². The summed E-state index contributed by atoms with van der Waals surface area (Å²) >= 11 is 0. The third-order valence-corrected chi connectivity index (χ3v) is 17.4. The molecule has 0 aliphatic rings. The number of fused-ring (bicyclic) bond motifs is 7. The average Bonchev–Trinajstić information content (AvgIpc) is 0.679. The Morgan fingerprint density at radius 2 is 0.367 bits per heavy atom. The molecule has 12 rings (SSSR count). The molecule has 0 bridgehead atoms. The molecule has 0 saturated heterocycles. The van der Waals surface area contributed by atoms with Crippen molar-refractivity contribution in [2.45, 2.75) is 0 Å². The number of methoxy groups -OCH3 is 4. The minimum absolute atomic E-state index is 0.412. The Morgan fingerprint density at radius 1 is 0.163 bits per heavy atom. The van der Waals surface area contributed by atoms with E-state index in [1.54, 1.807) is 28.4 Å². The van der Waals surface area contributed by atoms with Crippen molar-refractivity contribution >= 4 is 75.4 Å². The molecule has 0 spiro atoms. The van der Waals surface area contributed by atoms with Crippen LogP contribution in [0.3, 0.4) is 0 Å². The molecular formula is C82H88O16. The first-order valence-corrected chi connectivity index (χ1v) is 33.9. The summed E-state index contributed by atoms with van der Waals surface area (Å²) in [6.07, 6.45) is 0. The summed E-state index contributed by atoms with van der Waals surface area (Å²) in [6, 6.07) is 61.8. The predicted molar refractivity (Wildman–Crippen MR) is 389 cm³/mol. The van der Waals surface area contributed by atoms with E-state index in [1.165, 1.54) is 75.4 Å². The van der Waals surface area contributed by atoms with E-state index in [4.69, 9.17) is 75.8 Å². The van der Waals surface area contributed by atoms with Gasteiger partial charge in [-0.25, -0.2) is 0 Å². The van der Waals surface area contributed by atoms with Gasteiger partial charge in [-0.15, -0.1) is 0 Å². The van der Waals surface area contributed by atoms with E-state index in [0.717, 1.165) is 67.5 Å². The van der Waals surface area contributed by atoms with Gasteiger partial charge < -0.3 is 75.8 Å². The van der Waals surface area contributed by atoms with Gasteiger partial charge in [-0.05, 0) is 205 Å². The largest absolute Gasteiger partial charge is 0.491 e. The van der Waals surface area contributed by atoms with Gasteiger partial charge in [0, 0.05) is 28.4 Å². The van der Waals surface area contributed by atoms with Gasteiger partial charge in [0.15, 0.2) is 0 Å². The van der Waals surface area contributed by atoms with Crippen LogP contribution in [-0.4, -0.2) is 187 Å². The van der Waals surface area contributed by atoms with Crippen LogP contribution in [0.2, 0.25) is 0 Å². The Kier molecular flexibility index (Phi) is 25.6. The van der Waals surface area contributed by atoms with Crippen LogP contribution < -0.4 is 18.9 Å². The van der Waals surface area contributed by atoms with Crippen LogP contribution in [-0.2, 0) is 56.8 Å². The van der Waals surface area contributed by atoms with Gasteiger partial charge in [-0.1, -0.05) is 84.9 Å². The molecule has 16 heteroatoms. The first-order chi connectivity index (χ1) is 48.5. The van der Waals surface area contributed by atoms with Gasteiger partial charge in [0.05, 0.1) is 132 Å². The molecule has 0 unspecified atom stereocenters. The summed E-state index contributed by atoms with van der Waals surface area (Å²) in [6.45, 7) is 11.9. The fourth-order valence-electron chi connectivity index (χ4n) is 12.6. The molecule has 0 aromatic heterocycles. The van der Waals surface area contributed by atoms with Crippen molar-refractivity contribution in [3.8, 4) is 67.5 Å². The van der Waals surface area contributed by atoms with Crippen LogP contribution in [0.1, 0.15) is 0 Å². The van der Waals surface area contributed by atoms with Crippen molar-refractivity contribution in [2.24, 2.45) is 0 Å². The third kappa shape index (κ3) is 17.4. The molecule has 12 aromatic carbocycles. The SMILES string of the molecule is COCCOCCOCCOc1ccc(-c2ccc3c(c2)c2cc(-c4ccc(OCCOCCOCCOC)cc4)cc4c5cc(-c6ccc(OCCOCCOCCOC)cc6)cc6c7cc(-c8ccc(OCCOCCOCCOC)cc8)ccc7c7ccc3c(c24)c7c65)cc1. The van der Waals surface area contributed by atoms with Crippen LogP contribution >= 0.6 is 0 Å². The second kappa shape index (κ2) is 36.0. The van der Waals surface area contributed by atoms with Crippen molar-refractivity contribution in [2.75, 3.05) is 187 Å². The van der Waals surface area contributed by atoms with E-state index in [2.05, 4.69) is 146 Å². The van der Waals surface area contributed by atoms with Gasteiger partial charge >= 0.3 is 0 Å². The Hall–Kier alpha value is -8.30. The molecule has 0 atom stereocenters. The van der Waals surface area contributed by atoms with Crippen molar-refractivity contribution in [1.82, 2.24) is 0 Å². The molecule has 0 aliphatic heterocycles. The lowest BCUT2D eigenvalue weighted by Crippen LogP contribution is -2.12. The lowest BCUT2D eigenvalue weighted by molar-refractivity contribution is 0.0180. The molecule has 0 N–H and O–H groups in total. The Balaban J connectivity index is 0.936. The predicted octanol–water partition coefficient (Wildman–Crippen LogP) is 15.5. The lowest BCUT2D eigenvalue weighted by atomic mass is 9.79. The summed E-state index contributed by atoms with van der Waals surface area (Å²) < 4.78 is 90.4. The highest BCUT2D eigenvalue weighted by molar-refractivity contribution is 6.48. The van der Waals surface area contributed by atoms with Gasteiger partial charge in [0.25, 0.3) is 0 Å². The zero-order valence-electron chi connectivity index (χ0n) is 56.7. The van der Waals surface area contributed by atoms with E-state index in [9.17, 15) is 0 Å². The molecule has 0 aliphatic carbocycles. The van der Waals surface area contributed by atoms with E-state index >= 15 is 0 Å². The minimum Gasteiger partial charge on any atom is -0.491 e. The summed E-state index contributed by atoms with van der Waals surface area (Å²) in [5, 5.41) is 16.8. The fourth-order valence-corrected chi connectivity index (χ4v) is 12.6. The smallest absolute Gasteiger partial charge is 0.119 e. The van der Waals surface area contributed by atoms with Gasteiger partial charge in [0.2, 0.25) is 0 Å². The van der Waals surface area contributed by atoms with E-state index in [1.807, 2.05) is 24.3 Å². The molecule has 12 aromatic rings. The summed E-state index contributed by atoms with van der Waals surface area (Å²) in [4.78, 5) is 0. The molecule has 0 amide bonds. The fraction of sp³-hybridized carbons (Fsp3) is 0.341. The molecule has 0 fully saturated rings. The van der Waals surface area contributed by atoms with E-state index < -0.39 is 0 Å². The Bertz CT molecular complexity index is 4120. The van der Waals surface area contributed by atoms with Gasteiger partial charge in [-0.2, -0.15) is 0 Å². The first-order valence-electron chi connectivity index (χ1n) is 33.9. The molecular weight excluding hydrogens is 1240 g/mol. The number of ether oxygens (including phenoxy) is 16. The van der Waals surface area contributed by atoms with Crippen molar-refractivity contribution in [3.63, 3.8) is 0 Å². The molecule has 0 heterocycles. The quantitative estimate of drug-likeness (QED) is 0.0202. The number of hydrogen-bond acceptors (Lipinski definition) is 16. The third-order valence-electron chi connectivity index (χ3n) is 17.4. The molecule has 0 saturated carbocycles. The van der Waals surface area contributed by atoms with Crippen molar-refractivity contribution in [1.29, 1.82) is 0 Å². The molecule has 512 valence electrons. The Morgan fingerprint density at radius 3 is 0.633 bits per heavy atom. The van der Waals surface area contributed by atoms with Crippen LogP contribution in [0.15, 0.2) is 170 Å². The monoisotopic (exact) mass is 1330 g/mol. The number of hydrogen-bond donors (Lipinski definition) is 0. The van der Waals surface area contributed by atoms with Gasteiger partial charge in [-0.3, -0.25) is 0 Å². The van der Waals surface area contributed by atoms with Crippen molar-refractivity contribution < 1.29 is 75.8 Å². The zero-order valence-corrected chi connectivity index (χ0v) is 56.7. The van der Waals surface area contributed by atoms with Crippen LogP contribution in [0, 0.1) is 0 Å². The van der Waals surface area contributed by atoms with E-state index in [-0.39, 0.29) is 0 Å². The normalized spacial score (nSPS) is 11.9.